The van der Waals surface area contributed by atoms with Gasteiger partial charge < -0.3 is 26.0 Å². The first kappa shape index (κ1) is 40.3. The molecule has 263 valence electrons. The summed E-state index contributed by atoms with van der Waals surface area (Å²) >= 11 is 0. The minimum absolute atomic E-state index is 0. The summed E-state index contributed by atoms with van der Waals surface area (Å²) in [5.74, 6) is -4.02. The number of allylic oxidation sites excluding steroid dienone is 1. The fraction of sp³-hybridized carbons (Fsp3) is 0.0938. The maximum absolute atomic E-state index is 12.2. The van der Waals surface area contributed by atoms with Crippen LogP contribution < -0.4 is 26.0 Å². The molecule has 18 nitrogen and oxygen atoms in total. The Morgan fingerprint density at radius 2 is 1.16 bits per heavy atom. The summed E-state index contributed by atoms with van der Waals surface area (Å²) in [7, 11) is 0. The minimum atomic E-state index is -1.47. The maximum atomic E-state index is 12.2. The van der Waals surface area contributed by atoms with Gasteiger partial charge in [-0.05, 0) is 31.2 Å². The number of amides is 2. The first-order chi connectivity index (χ1) is 23.8. The van der Waals surface area contributed by atoms with Gasteiger partial charge in [-0.25, -0.2) is 0 Å². The first-order valence-electron chi connectivity index (χ1n) is 14.1. The minimum Gasteiger partial charge on any atom is -0.874 e. The number of azo groups is 2. The average molecular weight is 742 g/mol. The Bertz CT molecular complexity index is 1990. The molecular weight excluding hydrogens is 715 g/mol. The van der Waals surface area contributed by atoms with Crippen molar-refractivity contribution in [3.8, 4) is 11.5 Å². The molecule has 1 atom stereocenters. The number of Topliss-reactive ketones (excluding diaryl/α,β-unsaturated/α-hetero) is 1. The van der Waals surface area contributed by atoms with E-state index in [4.69, 9.17) is 0 Å². The zero-order valence-corrected chi connectivity index (χ0v) is 27.5. The normalized spacial score (nSPS) is 11.6. The third kappa shape index (κ3) is 12.3. The van der Waals surface area contributed by atoms with E-state index in [0.29, 0.717) is 11.4 Å². The van der Waals surface area contributed by atoms with Crippen LogP contribution in [0.25, 0.3) is 0 Å². The molecule has 51 heavy (non-hydrogen) atoms. The molecule has 0 spiro atoms. The molecule has 1 radical (unpaired) electrons. The van der Waals surface area contributed by atoms with Gasteiger partial charge in [0.2, 0.25) is 6.04 Å². The van der Waals surface area contributed by atoms with E-state index < -0.39 is 56.4 Å². The van der Waals surface area contributed by atoms with Crippen LogP contribution in [0.15, 0.2) is 129 Å². The SMILES string of the molecule is CC(=O)C(N=Nc1cc([N+](=O)[O-])ccc1[O-])C(=O)Nc1ccccc1.CC([O-])=C(N=Nc1cc([N+](=O)[O-])ccc1[O-])C(=O)Nc1ccccc1.[Co+2].[H+]. The van der Waals surface area contributed by atoms with Crippen LogP contribution >= 0.6 is 0 Å². The van der Waals surface area contributed by atoms with Crippen LogP contribution in [0.1, 0.15) is 15.3 Å². The van der Waals surface area contributed by atoms with Crippen LogP contribution in [-0.4, -0.2) is 33.5 Å². The van der Waals surface area contributed by atoms with Crippen molar-refractivity contribution in [1.82, 2.24) is 0 Å². The summed E-state index contributed by atoms with van der Waals surface area (Å²) < 4.78 is 0. The summed E-state index contributed by atoms with van der Waals surface area (Å²) in [6.07, 6.45) is 0. The second-order valence-electron chi connectivity index (χ2n) is 9.83. The number of hydrogen-bond acceptors (Lipinski definition) is 14. The average Bonchev–Trinajstić information content (AvgIpc) is 3.07. The molecule has 0 saturated heterocycles. The number of nitrogens with zero attached hydrogens (tertiary/aromatic N) is 6. The topological polar surface area (TPSA) is 280 Å². The largest absolute Gasteiger partial charge is 2.00 e. The van der Waals surface area contributed by atoms with E-state index >= 15 is 0 Å². The van der Waals surface area contributed by atoms with Crippen LogP contribution in [0.3, 0.4) is 0 Å². The van der Waals surface area contributed by atoms with E-state index in [1.807, 2.05) is 0 Å². The number of hydrogen-bond donors (Lipinski definition) is 2. The van der Waals surface area contributed by atoms with Crippen molar-refractivity contribution < 1.29 is 57.8 Å². The van der Waals surface area contributed by atoms with Gasteiger partial charge in [0.05, 0.1) is 21.2 Å². The smallest absolute Gasteiger partial charge is 0.874 e. The van der Waals surface area contributed by atoms with Crippen molar-refractivity contribution in [1.29, 1.82) is 0 Å². The summed E-state index contributed by atoms with van der Waals surface area (Å²) in [4.78, 5) is 56.0. The maximum Gasteiger partial charge on any atom is 2.00 e. The number of nitro groups is 2. The fourth-order valence-electron chi connectivity index (χ4n) is 3.66. The molecule has 0 aliphatic carbocycles. The van der Waals surface area contributed by atoms with E-state index in [1.165, 1.54) is 0 Å². The van der Waals surface area contributed by atoms with Crippen LogP contribution in [-0.2, 0) is 31.2 Å². The second-order valence-corrected chi connectivity index (χ2v) is 9.83. The number of nitro benzene ring substituents is 2. The molecule has 4 aromatic carbocycles. The van der Waals surface area contributed by atoms with Crippen molar-refractivity contribution in [2.24, 2.45) is 20.5 Å². The molecule has 2 amide bonds. The number of ketones is 1. The predicted molar refractivity (Wildman–Crippen MR) is 173 cm³/mol. The second kappa shape index (κ2) is 19.2. The summed E-state index contributed by atoms with van der Waals surface area (Å²) in [6, 6.07) is 21.1. The molecule has 2 N–H and O–H groups in total. The van der Waals surface area contributed by atoms with Crippen molar-refractivity contribution in [3.63, 3.8) is 0 Å². The Hall–Kier alpha value is -6.86. The van der Waals surface area contributed by atoms with E-state index in [9.17, 15) is 49.9 Å². The molecule has 19 heteroatoms. The van der Waals surface area contributed by atoms with Crippen LogP contribution in [0.2, 0.25) is 0 Å². The van der Waals surface area contributed by atoms with Crippen molar-refractivity contribution in [2.75, 3.05) is 10.6 Å². The molecule has 4 rings (SSSR count). The van der Waals surface area contributed by atoms with Gasteiger partial charge in [0.1, 0.15) is 5.70 Å². The standard InChI is InChI=1S/2C16H14N4O5.Co/c2*1-10(21)15(16(23)17-11-5-3-2-4-6-11)19-18-13-9-12(20(24)25)7-8-14(13)22;/h2-9,21-22H,1H3,(H,17,23);2-9,15,22H,1H3,(H,17,23);/q;;+2/p-2. The van der Waals surface area contributed by atoms with E-state index in [2.05, 4.69) is 31.1 Å². The van der Waals surface area contributed by atoms with Crippen molar-refractivity contribution >= 4 is 51.7 Å². The van der Waals surface area contributed by atoms with Gasteiger partial charge in [-0.2, -0.15) is 15.3 Å². The molecule has 4 aromatic rings. The van der Waals surface area contributed by atoms with Gasteiger partial charge in [-0.15, -0.1) is 10.9 Å². The Morgan fingerprint density at radius 1 is 0.706 bits per heavy atom. The number of carbonyl (C=O) groups excluding carboxylic acids is 3. The van der Waals surface area contributed by atoms with E-state index in [-0.39, 0.29) is 41.0 Å². The summed E-state index contributed by atoms with van der Waals surface area (Å²) in [5.41, 5.74) is -0.994. The van der Waals surface area contributed by atoms with Gasteiger partial charge >= 0.3 is 18.2 Å². The number of rotatable bonds is 11. The van der Waals surface area contributed by atoms with Crippen molar-refractivity contribution in [2.45, 2.75) is 19.9 Å². The fourth-order valence-corrected chi connectivity index (χ4v) is 3.66. The number of para-hydroxylation sites is 2. The first-order valence-corrected chi connectivity index (χ1v) is 14.1. The van der Waals surface area contributed by atoms with Gasteiger partial charge in [0.15, 0.2) is 5.78 Å². The Kier molecular flexibility index (Phi) is 15.2. The summed E-state index contributed by atoms with van der Waals surface area (Å²) in [5, 5.41) is 75.6. The van der Waals surface area contributed by atoms with Gasteiger partial charge in [-0.1, -0.05) is 67.0 Å². The number of non-ortho nitro benzene ring substituents is 2. The summed E-state index contributed by atoms with van der Waals surface area (Å²) in [6.45, 7) is 2.27. The molecule has 0 aliphatic rings. The molecule has 0 fully saturated rings. The van der Waals surface area contributed by atoms with Crippen molar-refractivity contribution in [3.05, 3.63) is 129 Å². The molecule has 0 saturated carbocycles. The number of benzene rings is 4. The molecule has 0 heterocycles. The predicted octanol–water partition coefficient (Wildman–Crippen LogP) is 4.44. The number of anilines is 2. The zero-order chi connectivity index (χ0) is 36.8. The third-order valence-electron chi connectivity index (χ3n) is 6.10. The number of carbonyl (C=O) groups is 3. The van der Waals surface area contributed by atoms with E-state index in [1.54, 1.807) is 60.7 Å². The Balaban J connectivity index is 0.000000501. The van der Waals surface area contributed by atoms with Crippen LogP contribution in [0, 0.1) is 20.2 Å². The van der Waals surface area contributed by atoms with Gasteiger partial charge in [-0.3, -0.25) is 34.6 Å². The molecule has 0 bridgehead atoms. The molecule has 0 aliphatic heterocycles. The van der Waals surface area contributed by atoms with Crippen LogP contribution in [0.4, 0.5) is 34.1 Å². The Labute approximate surface area is 300 Å². The number of nitrogens with one attached hydrogen (secondary N) is 2. The molecular formula is C32H26CoN8O10. The van der Waals surface area contributed by atoms with Gasteiger partial charge in [0, 0.05) is 35.6 Å². The zero-order valence-electron chi connectivity index (χ0n) is 27.4. The third-order valence-corrected chi connectivity index (χ3v) is 6.10. The quantitative estimate of drug-likeness (QED) is 0.0544. The monoisotopic (exact) mass is 741 g/mol. The van der Waals surface area contributed by atoms with Crippen LogP contribution in [0.5, 0.6) is 11.5 Å². The van der Waals surface area contributed by atoms with E-state index in [0.717, 1.165) is 50.2 Å². The Morgan fingerprint density at radius 3 is 1.59 bits per heavy atom. The molecule has 0 aromatic heterocycles. The molecule has 1 unspecified atom stereocenters. The van der Waals surface area contributed by atoms with Gasteiger partial charge in [0.25, 0.3) is 23.2 Å².